The zero-order chi connectivity index (χ0) is 21.6. The number of phenolic OH excluding ortho intramolecular Hbond substituents is 1. The van der Waals surface area contributed by atoms with Gasteiger partial charge in [-0.1, -0.05) is 0 Å². The molecule has 2 heterocycles. The molecule has 31 heavy (non-hydrogen) atoms. The molecule has 0 spiro atoms. The maximum atomic E-state index is 15.2. The largest absolute Gasteiger partial charge is 0.508 e. The SMILES string of the molecule is COc1c(N2CCC(N)C2)c(F)cc2c(=O)c(C(=O)O)cn(-c3ccc(O)cc3)c12.Cl. The Kier molecular flexibility index (Phi) is 6.10. The fourth-order valence-corrected chi connectivity index (χ4v) is 3.86. The molecule has 10 heteroatoms. The summed E-state index contributed by atoms with van der Waals surface area (Å²) in [6.45, 7) is 0.950. The normalized spacial score (nSPS) is 15.7. The molecule has 0 saturated carbocycles. The van der Waals surface area contributed by atoms with Crippen LogP contribution < -0.4 is 20.8 Å². The number of nitrogens with two attached hydrogens (primary N) is 1. The average molecular weight is 450 g/mol. The van der Waals surface area contributed by atoms with Gasteiger partial charge < -0.3 is 30.2 Å². The Bertz CT molecular complexity index is 1210. The molecule has 0 amide bonds. The molecule has 1 unspecified atom stereocenters. The van der Waals surface area contributed by atoms with Crippen molar-refractivity contribution in [3.05, 3.63) is 58.1 Å². The second-order valence-electron chi connectivity index (χ2n) is 7.19. The molecule has 1 aliphatic rings. The Morgan fingerprint density at radius 3 is 2.52 bits per heavy atom. The lowest BCUT2D eigenvalue weighted by atomic mass is 10.1. The van der Waals surface area contributed by atoms with Crippen LogP contribution in [0.15, 0.2) is 41.3 Å². The number of halogens is 2. The Labute approximate surface area is 182 Å². The first-order valence-corrected chi connectivity index (χ1v) is 9.31. The molecule has 2 aromatic carbocycles. The molecule has 3 aromatic rings. The number of pyridine rings is 1. The number of phenols is 1. The van der Waals surface area contributed by atoms with Crippen molar-refractivity contribution in [2.45, 2.75) is 12.5 Å². The molecule has 4 rings (SSSR count). The van der Waals surface area contributed by atoms with Crippen LogP contribution in [0, 0.1) is 5.82 Å². The minimum Gasteiger partial charge on any atom is -0.508 e. The molecular weight excluding hydrogens is 429 g/mol. The summed E-state index contributed by atoms with van der Waals surface area (Å²) in [6.07, 6.45) is 1.86. The zero-order valence-corrected chi connectivity index (χ0v) is 17.4. The smallest absolute Gasteiger partial charge is 0.341 e. The first-order chi connectivity index (χ1) is 14.3. The highest BCUT2D eigenvalue weighted by atomic mass is 35.5. The van der Waals surface area contributed by atoms with Crippen molar-refractivity contribution in [1.82, 2.24) is 4.57 Å². The van der Waals surface area contributed by atoms with Crippen LogP contribution in [0.1, 0.15) is 16.8 Å². The van der Waals surface area contributed by atoms with Gasteiger partial charge in [-0.15, -0.1) is 12.4 Å². The monoisotopic (exact) mass is 449 g/mol. The molecule has 0 aliphatic carbocycles. The predicted octanol–water partition coefficient (Wildman–Crippen LogP) is 2.50. The fraction of sp³-hybridized carbons (Fsp3) is 0.238. The lowest BCUT2D eigenvalue weighted by molar-refractivity contribution is 0.0695. The number of nitrogens with zero attached hydrogens (tertiary/aromatic N) is 2. The highest BCUT2D eigenvalue weighted by Gasteiger charge is 2.29. The van der Waals surface area contributed by atoms with Gasteiger partial charge in [0, 0.05) is 31.0 Å². The van der Waals surface area contributed by atoms with Crippen LogP contribution in [0.3, 0.4) is 0 Å². The summed E-state index contributed by atoms with van der Waals surface area (Å²) in [7, 11) is 1.37. The van der Waals surface area contributed by atoms with E-state index >= 15 is 4.39 Å². The van der Waals surface area contributed by atoms with E-state index in [9.17, 15) is 19.8 Å². The predicted molar refractivity (Wildman–Crippen MR) is 117 cm³/mol. The topological polar surface area (TPSA) is 118 Å². The van der Waals surface area contributed by atoms with Crippen molar-refractivity contribution in [3.8, 4) is 17.2 Å². The number of carbonyl (C=O) groups is 1. The Morgan fingerprint density at radius 2 is 1.97 bits per heavy atom. The quantitative estimate of drug-likeness (QED) is 0.560. The van der Waals surface area contributed by atoms with Gasteiger partial charge in [-0.25, -0.2) is 9.18 Å². The van der Waals surface area contributed by atoms with Crippen LogP contribution in [0.2, 0.25) is 0 Å². The number of benzene rings is 2. The van der Waals surface area contributed by atoms with Gasteiger partial charge in [0.25, 0.3) is 0 Å². The number of aromatic nitrogens is 1. The summed E-state index contributed by atoms with van der Waals surface area (Å²) >= 11 is 0. The number of aromatic hydroxyl groups is 1. The van der Waals surface area contributed by atoms with E-state index in [1.165, 1.54) is 30.0 Å². The molecule has 1 aliphatic heterocycles. The van der Waals surface area contributed by atoms with Gasteiger partial charge in [-0.05, 0) is 36.8 Å². The summed E-state index contributed by atoms with van der Waals surface area (Å²) < 4.78 is 22.2. The van der Waals surface area contributed by atoms with Crippen molar-refractivity contribution in [2.24, 2.45) is 5.73 Å². The van der Waals surface area contributed by atoms with Gasteiger partial charge in [0.15, 0.2) is 11.6 Å². The van der Waals surface area contributed by atoms with Crippen molar-refractivity contribution >= 4 is 35.0 Å². The maximum Gasteiger partial charge on any atom is 0.341 e. The number of anilines is 1. The van der Waals surface area contributed by atoms with Crippen molar-refractivity contribution in [1.29, 1.82) is 0 Å². The number of rotatable bonds is 4. The molecule has 4 N–H and O–H groups in total. The summed E-state index contributed by atoms with van der Waals surface area (Å²) in [5.74, 6) is -1.98. The number of fused-ring (bicyclic) bond motifs is 1. The molecule has 1 atom stereocenters. The minimum absolute atomic E-state index is 0. The van der Waals surface area contributed by atoms with E-state index in [0.717, 1.165) is 6.07 Å². The van der Waals surface area contributed by atoms with Crippen LogP contribution in [-0.2, 0) is 0 Å². The number of carboxylic acid groups (broad SMARTS) is 1. The summed E-state index contributed by atoms with van der Waals surface area (Å²) in [5, 5.41) is 19.0. The molecular formula is C21H21ClFN3O5. The number of hydrogen-bond acceptors (Lipinski definition) is 6. The first kappa shape index (κ1) is 22.4. The Balaban J connectivity index is 0.00000272. The fourth-order valence-electron chi connectivity index (χ4n) is 3.86. The van der Waals surface area contributed by atoms with Crippen LogP contribution >= 0.6 is 12.4 Å². The Morgan fingerprint density at radius 1 is 1.29 bits per heavy atom. The van der Waals surface area contributed by atoms with E-state index in [1.54, 1.807) is 17.0 Å². The van der Waals surface area contributed by atoms with E-state index in [-0.39, 0.29) is 46.5 Å². The van der Waals surface area contributed by atoms with Crippen LogP contribution in [-0.4, -0.2) is 47.0 Å². The molecule has 1 aromatic heterocycles. The van der Waals surface area contributed by atoms with Crippen molar-refractivity contribution in [2.75, 3.05) is 25.1 Å². The molecule has 0 bridgehead atoms. The molecule has 0 radical (unpaired) electrons. The highest BCUT2D eigenvalue weighted by molar-refractivity contribution is 5.97. The number of ether oxygens (including phenoxy) is 1. The van der Waals surface area contributed by atoms with Crippen molar-refractivity contribution < 1.29 is 24.1 Å². The van der Waals surface area contributed by atoms with Crippen LogP contribution in [0.4, 0.5) is 10.1 Å². The number of carboxylic acids is 1. The van der Waals surface area contributed by atoms with Gasteiger partial charge in [-0.2, -0.15) is 0 Å². The third kappa shape index (κ3) is 3.77. The average Bonchev–Trinajstić information content (AvgIpc) is 3.14. The second kappa shape index (κ2) is 8.44. The number of methoxy groups -OCH3 is 1. The summed E-state index contributed by atoms with van der Waals surface area (Å²) in [6, 6.07) is 6.89. The van der Waals surface area contributed by atoms with Crippen LogP contribution in [0.5, 0.6) is 11.5 Å². The first-order valence-electron chi connectivity index (χ1n) is 9.31. The third-order valence-corrected chi connectivity index (χ3v) is 5.27. The Hall–Kier alpha value is -3.30. The van der Waals surface area contributed by atoms with E-state index in [4.69, 9.17) is 10.5 Å². The van der Waals surface area contributed by atoms with Gasteiger partial charge in [-0.3, -0.25) is 4.79 Å². The van der Waals surface area contributed by atoms with Gasteiger partial charge in [0.05, 0.1) is 12.5 Å². The lowest BCUT2D eigenvalue weighted by Gasteiger charge is -2.24. The second-order valence-corrected chi connectivity index (χ2v) is 7.19. The number of aromatic carboxylic acids is 1. The van der Waals surface area contributed by atoms with Crippen LogP contribution in [0.25, 0.3) is 16.6 Å². The van der Waals surface area contributed by atoms with E-state index < -0.39 is 22.8 Å². The molecule has 1 fully saturated rings. The standard InChI is InChI=1S/C21H20FN3O5.ClH/c1-30-20-17-14(8-16(22)18(20)24-7-6-11(23)9-24)19(27)15(21(28)29)10-25(17)12-2-4-13(26)5-3-12;/h2-5,8,10-11,26H,6-7,9,23H2,1H3,(H,28,29);1H. The van der Waals surface area contributed by atoms with E-state index in [1.807, 2.05) is 0 Å². The van der Waals surface area contributed by atoms with E-state index in [2.05, 4.69) is 0 Å². The van der Waals surface area contributed by atoms with Gasteiger partial charge in [0.1, 0.15) is 22.5 Å². The molecule has 164 valence electrons. The zero-order valence-electron chi connectivity index (χ0n) is 16.5. The minimum atomic E-state index is -1.43. The molecule has 8 nitrogen and oxygen atoms in total. The molecule has 1 saturated heterocycles. The number of hydrogen-bond donors (Lipinski definition) is 3. The maximum absolute atomic E-state index is 15.2. The third-order valence-electron chi connectivity index (χ3n) is 5.27. The van der Waals surface area contributed by atoms with E-state index in [0.29, 0.717) is 25.2 Å². The summed E-state index contributed by atoms with van der Waals surface area (Å²) in [4.78, 5) is 26.2. The highest BCUT2D eigenvalue weighted by Crippen LogP contribution is 2.40. The van der Waals surface area contributed by atoms with Crippen molar-refractivity contribution in [3.63, 3.8) is 0 Å². The van der Waals surface area contributed by atoms with Gasteiger partial charge in [0.2, 0.25) is 5.43 Å². The lowest BCUT2D eigenvalue weighted by Crippen LogP contribution is -2.28. The van der Waals surface area contributed by atoms with Gasteiger partial charge >= 0.3 is 5.97 Å². The summed E-state index contributed by atoms with van der Waals surface area (Å²) in [5.41, 5.74) is 5.54.